The van der Waals surface area contributed by atoms with Gasteiger partial charge in [-0.1, -0.05) is 17.0 Å². The van der Waals surface area contributed by atoms with Crippen LogP contribution in [0.2, 0.25) is 0 Å². The number of benzene rings is 1. The number of rotatable bonds is 8. The Labute approximate surface area is 226 Å². The molecule has 6 rings (SSSR count). The quantitative estimate of drug-likeness (QED) is 0.268. The number of aryl methyl sites for hydroxylation is 1. The highest BCUT2D eigenvalue weighted by Gasteiger charge is 2.21. The smallest absolute Gasteiger partial charge is 0.180 e. The zero-order chi connectivity index (χ0) is 26.4. The summed E-state index contributed by atoms with van der Waals surface area (Å²) in [7, 11) is 0. The van der Waals surface area contributed by atoms with Crippen LogP contribution in [0, 0.1) is 11.8 Å². The van der Waals surface area contributed by atoms with Crippen molar-refractivity contribution < 1.29 is 14.0 Å². The van der Waals surface area contributed by atoms with Crippen molar-refractivity contribution in [3.63, 3.8) is 0 Å². The number of imidazole rings is 2. The molecule has 1 saturated heterocycles. The number of ether oxygens (including phenoxy) is 2. The van der Waals surface area contributed by atoms with Crippen LogP contribution >= 0.6 is 0 Å². The predicted octanol–water partition coefficient (Wildman–Crippen LogP) is 4.77. The third-order valence-electron chi connectivity index (χ3n) is 6.68. The molecule has 5 aromatic rings. The van der Waals surface area contributed by atoms with E-state index in [1.807, 2.05) is 52.6 Å². The zero-order valence-electron chi connectivity index (χ0n) is 21.7. The molecule has 39 heavy (non-hydrogen) atoms. The van der Waals surface area contributed by atoms with Crippen LogP contribution in [-0.4, -0.2) is 47.1 Å². The van der Waals surface area contributed by atoms with Crippen LogP contribution < -0.4 is 0 Å². The summed E-state index contributed by atoms with van der Waals surface area (Å²) in [5, 5.41) is 4.28. The van der Waals surface area contributed by atoms with Gasteiger partial charge in [0.05, 0.1) is 19.1 Å². The van der Waals surface area contributed by atoms with E-state index in [2.05, 4.69) is 36.9 Å². The third-order valence-corrected chi connectivity index (χ3v) is 6.68. The highest BCUT2D eigenvalue weighted by molar-refractivity contribution is 5.68. The van der Waals surface area contributed by atoms with E-state index in [0.717, 1.165) is 60.6 Å². The van der Waals surface area contributed by atoms with Gasteiger partial charge < -0.3 is 23.1 Å². The number of hydrogen-bond donors (Lipinski definition) is 0. The van der Waals surface area contributed by atoms with Gasteiger partial charge in [-0.3, -0.25) is 0 Å². The van der Waals surface area contributed by atoms with Gasteiger partial charge in [0.15, 0.2) is 17.7 Å². The lowest BCUT2D eigenvalue weighted by Crippen LogP contribution is -2.24. The maximum Gasteiger partial charge on any atom is 0.180 e. The summed E-state index contributed by atoms with van der Waals surface area (Å²) in [5.41, 5.74) is 4.31. The first-order valence-corrected chi connectivity index (χ1v) is 13.2. The SMILES string of the molecule is C[C@H](OC1CCCCO1)c1nccn1Cc1cc(-c2ccc(C#CCCn3cnc4ncncc43)cc2)on1. The summed E-state index contributed by atoms with van der Waals surface area (Å²) < 4.78 is 21.5. The van der Waals surface area contributed by atoms with Crippen molar-refractivity contribution in [2.45, 2.75) is 58.1 Å². The van der Waals surface area contributed by atoms with Gasteiger partial charge >= 0.3 is 0 Å². The van der Waals surface area contributed by atoms with E-state index in [1.165, 1.54) is 6.33 Å². The molecular formula is C29H29N7O3. The molecule has 1 unspecified atom stereocenters. The number of aromatic nitrogens is 7. The maximum atomic E-state index is 6.10. The first kappa shape index (κ1) is 25.0. The van der Waals surface area contributed by atoms with E-state index in [1.54, 1.807) is 18.7 Å². The molecule has 10 heteroatoms. The molecule has 0 bridgehead atoms. The summed E-state index contributed by atoms with van der Waals surface area (Å²) >= 11 is 0. The van der Waals surface area contributed by atoms with Gasteiger partial charge in [-0.2, -0.15) is 0 Å². The number of hydrogen-bond acceptors (Lipinski definition) is 8. The molecule has 5 heterocycles. The van der Waals surface area contributed by atoms with E-state index in [0.29, 0.717) is 24.4 Å². The van der Waals surface area contributed by atoms with E-state index < -0.39 is 0 Å². The molecule has 1 aromatic carbocycles. The minimum absolute atomic E-state index is 0.169. The maximum absolute atomic E-state index is 6.10. The summed E-state index contributed by atoms with van der Waals surface area (Å²) in [6.45, 7) is 4.03. The summed E-state index contributed by atoms with van der Waals surface area (Å²) in [5.74, 6) is 8.00. The molecule has 2 atom stereocenters. The van der Waals surface area contributed by atoms with Crippen molar-refractivity contribution in [1.82, 2.24) is 34.2 Å². The molecule has 1 aliphatic rings. The minimum Gasteiger partial charge on any atom is -0.356 e. The number of nitrogens with zero attached hydrogens (tertiary/aromatic N) is 7. The van der Waals surface area contributed by atoms with Crippen LogP contribution in [0.4, 0.5) is 0 Å². The molecular weight excluding hydrogens is 494 g/mol. The Bertz CT molecular complexity index is 1590. The van der Waals surface area contributed by atoms with E-state index in [9.17, 15) is 0 Å². The molecule has 198 valence electrons. The second-order valence-corrected chi connectivity index (χ2v) is 9.47. The second-order valence-electron chi connectivity index (χ2n) is 9.47. The Morgan fingerprint density at radius 1 is 1.13 bits per heavy atom. The topological polar surface area (TPSA) is 106 Å². The van der Waals surface area contributed by atoms with Crippen molar-refractivity contribution in [1.29, 1.82) is 0 Å². The minimum atomic E-state index is -0.184. The Morgan fingerprint density at radius 2 is 2.05 bits per heavy atom. The highest BCUT2D eigenvalue weighted by Crippen LogP contribution is 2.25. The van der Waals surface area contributed by atoms with E-state index in [4.69, 9.17) is 14.0 Å². The van der Waals surface area contributed by atoms with E-state index >= 15 is 0 Å². The van der Waals surface area contributed by atoms with Crippen LogP contribution in [0.25, 0.3) is 22.5 Å². The van der Waals surface area contributed by atoms with Crippen molar-refractivity contribution >= 4 is 11.2 Å². The molecule has 0 saturated carbocycles. The van der Waals surface area contributed by atoms with Crippen molar-refractivity contribution in [2.75, 3.05) is 6.61 Å². The second kappa shape index (κ2) is 11.6. The first-order valence-electron chi connectivity index (χ1n) is 13.2. The van der Waals surface area contributed by atoms with Gasteiger partial charge in [-0.25, -0.2) is 19.9 Å². The molecule has 10 nitrogen and oxygen atoms in total. The Morgan fingerprint density at radius 3 is 2.92 bits per heavy atom. The average Bonchev–Trinajstić information content (AvgIpc) is 3.73. The lowest BCUT2D eigenvalue weighted by molar-refractivity contribution is -0.188. The van der Waals surface area contributed by atoms with Gasteiger partial charge in [0, 0.05) is 49.2 Å². The predicted molar refractivity (Wildman–Crippen MR) is 143 cm³/mol. The van der Waals surface area contributed by atoms with Crippen molar-refractivity contribution in [2.24, 2.45) is 0 Å². The molecule has 0 spiro atoms. The Hall–Kier alpha value is -4.33. The normalized spacial score (nSPS) is 16.2. The van der Waals surface area contributed by atoms with Crippen LogP contribution in [0.1, 0.15) is 55.8 Å². The van der Waals surface area contributed by atoms with Gasteiger partial charge in [0.1, 0.15) is 29.5 Å². The van der Waals surface area contributed by atoms with Crippen molar-refractivity contribution in [3.05, 3.63) is 78.7 Å². The number of fused-ring (bicyclic) bond motifs is 1. The fraction of sp³-hybridized carbons (Fsp3) is 0.345. The van der Waals surface area contributed by atoms with Crippen LogP contribution in [0.5, 0.6) is 0 Å². The third kappa shape index (κ3) is 5.90. The largest absolute Gasteiger partial charge is 0.356 e. The fourth-order valence-corrected chi connectivity index (χ4v) is 4.66. The molecule has 0 radical (unpaired) electrons. The summed E-state index contributed by atoms with van der Waals surface area (Å²) in [6, 6.07) is 9.94. The van der Waals surface area contributed by atoms with Gasteiger partial charge in [-0.05, 0) is 50.5 Å². The molecule has 1 aliphatic heterocycles. The lowest BCUT2D eigenvalue weighted by atomic mass is 10.1. The average molecular weight is 524 g/mol. The molecule has 0 aliphatic carbocycles. The molecule has 4 aromatic heterocycles. The van der Waals surface area contributed by atoms with Crippen LogP contribution in [0.15, 0.2) is 66.1 Å². The highest BCUT2D eigenvalue weighted by atomic mass is 16.7. The summed E-state index contributed by atoms with van der Waals surface area (Å²) in [4.78, 5) is 17.0. The first-order chi connectivity index (χ1) is 19.2. The zero-order valence-corrected chi connectivity index (χ0v) is 21.7. The molecule has 0 amide bonds. The van der Waals surface area contributed by atoms with Crippen LogP contribution in [0.3, 0.4) is 0 Å². The fourth-order valence-electron chi connectivity index (χ4n) is 4.66. The van der Waals surface area contributed by atoms with Crippen LogP contribution in [-0.2, 0) is 22.6 Å². The standard InChI is InChI=1S/C29H29N7O3/c1-21(38-27-7-3-5-15-37-27)29-31-12-14-35(29)18-24-16-26(39-34-24)23-10-8-22(9-11-23)6-2-4-13-36-20-33-28-25(36)17-30-19-32-28/h8-12,14,16-17,19-21,27H,3-5,7,13,15,18H2,1H3/t21-,27?/m0/s1. The van der Waals surface area contributed by atoms with Crippen molar-refractivity contribution in [3.8, 4) is 23.2 Å². The molecule has 1 fully saturated rings. The monoisotopic (exact) mass is 523 g/mol. The Balaban J connectivity index is 1.05. The lowest BCUT2D eigenvalue weighted by Gasteiger charge is -2.26. The van der Waals surface area contributed by atoms with Gasteiger partial charge in [-0.15, -0.1) is 0 Å². The van der Waals surface area contributed by atoms with Gasteiger partial charge in [0.25, 0.3) is 0 Å². The Kier molecular flexibility index (Phi) is 7.43. The van der Waals surface area contributed by atoms with E-state index in [-0.39, 0.29) is 12.4 Å². The van der Waals surface area contributed by atoms with Gasteiger partial charge in [0.2, 0.25) is 0 Å². The summed E-state index contributed by atoms with van der Waals surface area (Å²) in [6.07, 6.45) is 12.2. The molecule has 0 N–H and O–H groups in total.